The highest BCUT2D eigenvalue weighted by Gasteiger charge is 2.28. The van der Waals surface area contributed by atoms with E-state index in [1.54, 1.807) is 42.7 Å². The van der Waals surface area contributed by atoms with Gasteiger partial charge in [0.2, 0.25) is 0 Å². The summed E-state index contributed by atoms with van der Waals surface area (Å²) in [4.78, 5) is 22.9. The van der Waals surface area contributed by atoms with E-state index >= 15 is 0 Å². The summed E-state index contributed by atoms with van der Waals surface area (Å²) < 4.78 is 31.7. The number of nitrogens with zero attached hydrogens (tertiary/aromatic N) is 5. The minimum Gasteiger partial charge on any atom is -0.324 e. The van der Waals surface area contributed by atoms with E-state index in [1.165, 1.54) is 3.97 Å². The van der Waals surface area contributed by atoms with Gasteiger partial charge in [0.1, 0.15) is 11.3 Å². The van der Waals surface area contributed by atoms with E-state index in [1.807, 2.05) is 54.6 Å². The largest absolute Gasteiger partial charge is 0.324 e. The molecule has 10 heteroatoms. The summed E-state index contributed by atoms with van der Waals surface area (Å²) in [5, 5.41) is 10.0. The first kappa shape index (κ1) is 31.0. The molecule has 1 fully saturated rings. The van der Waals surface area contributed by atoms with Crippen LogP contribution >= 0.6 is 15.9 Å². The molecule has 0 amide bonds. The Kier molecular flexibility index (Phi) is 8.52. The van der Waals surface area contributed by atoms with E-state index in [9.17, 15) is 18.5 Å². The highest BCUT2D eigenvalue weighted by Crippen LogP contribution is 2.38. The Labute approximate surface area is 281 Å². The van der Waals surface area contributed by atoms with Crippen molar-refractivity contribution in [3.8, 4) is 6.07 Å². The van der Waals surface area contributed by atoms with Gasteiger partial charge in [0.25, 0.3) is 10.0 Å². The smallest absolute Gasteiger partial charge is 0.269 e. The van der Waals surface area contributed by atoms with Crippen LogP contribution < -0.4 is 0 Å². The maximum absolute atomic E-state index is 13.6. The molecule has 6 aromatic rings. The number of aryl methyl sites for hydroxylation is 2. The zero-order valence-corrected chi connectivity index (χ0v) is 28.0. The van der Waals surface area contributed by atoms with Crippen molar-refractivity contribution in [2.45, 2.75) is 55.9 Å². The molecule has 1 saturated carbocycles. The van der Waals surface area contributed by atoms with Crippen LogP contribution in [-0.4, -0.2) is 32.7 Å². The quantitative estimate of drug-likeness (QED) is 0.141. The molecule has 0 N–H and O–H groups in total. The molecule has 7 rings (SSSR count). The number of benzene rings is 3. The highest BCUT2D eigenvalue weighted by molar-refractivity contribution is 9.10. The van der Waals surface area contributed by atoms with Crippen LogP contribution in [0.15, 0.2) is 107 Å². The average molecular weight is 707 g/mol. The number of aromatic nitrogens is 4. The van der Waals surface area contributed by atoms with Crippen LogP contribution in [0.1, 0.15) is 65.5 Å². The van der Waals surface area contributed by atoms with Gasteiger partial charge in [-0.25, -0.2) is 22.4 Å². The van der Waals surface area contributed by atoms with Gasteiger partial charge in [0.15, 0.2) is 11.4 Å². The number of pyridine rings is 1. The Morgan fingerprint density at radius 1 is 0.894 bits per heavy atom. The van der Waals surface area contributed by atoms with Gasteiger partial charge >= 0.3 is 0 Å². The van der Waals surface area contributed by atoms with Crippen molar-refractivity contribution in [2.75, 3.05) is 0 Å². The third-order valence-electron chi connectivity index (χ3n) is 9.22. The van der Waals surface area contributed by atoms with Gasteiger partial charge in [0, 0.05) is 46.1 Å². The number of imidazole rings is 1. The standard InChI is InChI=1S/C37H32BrN5O3S/c38-29-15-13-28(14-16-29)36(44)27-11-6-25(7-12-27)10-19-34-41-33-24-40-37-32(21-23-42(37)47(45,46)31-4-2-1-3-5-31)35(33)43(34)30-17-8-26(9-18-30)20-22-39/h1-7,11-16,21,23-24,26,30H,8-10,17-20H2. The fourth-order valence-corrected chi connectivity index (χ4v) is 8.34. The molecule has 0 aliphatic heterocycles. The Morgan fingerprint density at radius 2 is 1.57 bits per heavy atom. The summed E-state index contributed by atoms with van der Waals surface area (Å²) in [6.07, 6.45) is 8.98. The zero-order valence-electron chi connectivity index (χ0n) is 25.6. The molecule has 3 aromatic carbocycles. The van der Waals surface area contributed by atoms with Gasteiger partial charge in [-0.2, -0.15) is 5.26 Å². The second kappa shape index (κ2) is 12.9. The summed E-state index contributed by atoms with van der Waals surface area (Å²) in [6.45, 7) is 0. The number of nitriles is 1. The SMILES string of the molecule is N#CCC1CCC(n2c(CCc3ccc(C(=O)c4ccc(Br)cc4)cc3)nc3cnc4c(ccn4S(=O)(=O)c4ccccc4)c32)CC1. The molecule has 236 valence electrons. The van der Waals surface area contributed by atoms with Crippen molar-refractivity contribution in [1.82, 2.24) is 18.5 Å². The van der Waals surface area contributed by atoms with Crippen LogP contribution in [0.5, 0.6) is 0 Å². The number of fused-ring (bicyclic) bond motifs is 3. The first-order valence-electron chi connectivity index (χ1n) is 15.8. The lowest BCUT2D eigenvalue weighted by Crippen LogP contribution is -2.20. The normalized spacial score (nSPS) is 16.8. The van der Waals surface area contributed by atoms with Crippen LogP contribution in [0, 0.1) is 17.2 Å². The lowest BCUT2D eigenvalue weighted by molar-refractivity contribution is 0.103. The Bertz CT molecular complexity index is 2230. The third kappa shape index (κ3) is 6.01. The van der Waals surface area contributed by atoms with E-state index < -0.39 is 10.0 Å². The number of rotatable bonds is 9. The van der Waals surface area contributed by atoms with Gasteiger partial charge in [-0.15, -0.1) is 0 Å². The number of carbonyl (C=O) groups excluding carboxylic acids is 1. The number of halogens is 1. The second-order valence-electron chi connectivity index (χ2n) is 12.1. The van der Waals surface area contributed by atoms with Crippen LogP contribution in [-0.2, 0) is 22.9 Å². The maximum Gasteiger partial charge on any atom is 0.269 e. The van der Waals surface area contributed by atoms with E-state index in [4.69, 9.17) is 4.98 Å². The van der Waals surface area contributed by atoms with Crippen molar-refractivity contribution in [3.05, 3.63) is 124 Å². The molecule has 8 nitrogen and oxygen atoms in total. The van der Waals surface area contributed by atoms with E-state index in [0.717, 1.165) is 64.4 Å². The molecule has 0 saturated heterocycles. The molecule has 3 aromatic heterocycles. The lowest BCUT2D eigenvalue weighted by atomic mass is 9.84. The molecule has 0 unspecified atom stereocenters. The summed E-state index contributed by atoms with van der Waals surface area (Å²) in [5.74, 6) is 1.30. The van der Waals surface area contributed by atoms with E-state index in [2.05, 4.69) is 31.6 Å². The number of hydrogen-bond acceptors (Lipinski definition) is 6. The molecule has 1 aliphatic rings. The number of carbonyl (C=O) groups is 1. The van der Waals surface area contributed by atoms with Crippen molar-refractivity contribution in [2.24, 2.45) is 5.92 Å². The maximum atomic E-state index is 13.6. The summed E-state index contributed by atoms with van der Waals surface area (Å²) in [5.41, 5.74) is 4.38. The van der Waals surface area contributed by atoms with E-state index in [0.29, 0.717) is 35.5 Å². The molecular weight excluding hydrogens is 674 g/mol. The average Bonchev–Trinajstić information content (AvgIpc) is 3.71. The summed E-state index contributed by atoms with van der Waals surface area (Å²) >= 11 is 3.42. The first-order valence-corrected chi connectivity index (χ1v) is 18.0. The Hall–Kier alpha value is -4.59. The van der Waals surface area contributed by atoms with Gasteiger partial charge in [0.05, 0.1) is 22.7 Å². The van der Waals surface area contributed by atoms with Gasteiger partial charge in [-0.3, -0.25) is 4.79 Å². The monoisotopic (exact) mass is 705 g/mol. The number of ketones is 1. The van der Waals surface area contributed by atoms with Crippen LogP contribution in [0.3, 0.4) is 0 Å². The fraction of sp³-hybridized carbons (Fsp3) is 0.243. The second-order valence-corrected chi connectivity index (χ2v) is 14.9. The minimum atomic E-state index is -3.84. The Balaban J connectivity index is 1.23. The molecule has 0 bridgehead atoms. The molecule has 3 heterocycles. The summed E-state index contributed by atoms with van der Waals surface area (Å²) in [6, 6.07) is 27.8. The first-order chi connectivity index (χ1) is 22.8. The van der Waals surface area contributed by atoms with Crippen LogP contribution in [0.25, 0.3) is 22.1 Å². The van der Waals surface area contributed by atoms with Gasteiger partial charge in [-0.05, 0) is 86.1 Å². The molecule has 47 heavy (non-hydrogen) atoms. The summed E-state index contributed by atoms with van der Waals surface area (Å²) in [7, 11) is -3.84. The topological polar surface area (TPSA) is 111 Å². The van der Waals surface area contributed by atoms with E-state index in [-0.39, 0.29) is 16.7 Å². The lowest BCUT2D eigenvalue weighted by Gasteiger charge is -2.30. The Morgan fingerprint density at radius 3 is 2.26 bits per heavy atom. The van der Waals surface area contributed by atoms with Crippen molar-refractivity contribution < 1.29 is 13.2 Å². The predicted molar refractivity (Wildman–Crippen MR) is 185 cm³/mol. The van der Waals surface area contributed by atoms with Gasteiger partial charge in [-0.1, -0.05) is 58.4 Å². The molecule has 0 spiro atoms. The molecule has 1 aliphatic carbocycles. The van der Waals surface area contributed by atoms with Gasteiger partial charge < -0.3 is 4.57 Å². The van der Waals surface area contributed by atoms with Crippen molar-refractivity contribution >= 4 is 53.8 Å². The van der Waals surface area contributed by atoms with Crippen LogP contribution in [0.2, 0.25) is 0 Å². The van der Waals surface area contributed by atoms with Crippen LogP contribution in [0.4, 0.5) is 0 Å². The highest BCUT2D eigenvalue weighted by atomic mass is 79.9. The zero-order chi connectivity index (χ0) is 32.5. The minimum absolute atomic E-state index is 0.0180. The number of hydrogen-bond donors (Lipinski definition) is 0. The van der Waals surface area contributed by atoms with Crippen molar-refractivity contribution in [1.29, 1.82) is 5.26 Å². The predicted octanol–water partition coefficient (Wildman–Crippen LogP) is 8.05. The van der Waals surface area contributed by atoms with Crippen molar-refractivity contribution in [3.63, 3.8) is 0 Å². The fourth-order valence-electron chi connectivity index (χ4n) is 6.75. The third-order valence-corrected chi connectivity index (χ3v) is 11.4. The molecule has 0 radical (unpaired) electrons. The molecular formula is C37H32BrN5O3S. The molecule has 0 atom stereocenters.